The number of rotatable bonds is 11. The van der Waals surface area contributed by atoms with Gasteiger partial charge in [-0.3, -0.25) is 0 Å². The highest BCUT2D eigenvalue weighted by Crippen LogP contribution is 2.27. The summed E-state index contributed by atoms with van der Waals surface area (Å²) in [6.45, 7) is 3.30. The molecule has 0 spiro atoms. The van der Waals surface area contributed by atoms with Crippen LogP contribution in [0.3, 0.4) is 0 Å². The maximum atomic E-state index is 6.27. The molecular formula is C18H31ClN2. The van der Waals surface area contributed by atoms with Gasteiger partial charge in [-0.1, -0.05) is 63.5 Å². The summed E-state index contributed by atoms with van der Waals surface area (Å²) in [6, 6.07) is 6.19. The van der Waals surface area contributed by atoms with Crippen molar-refractivity contribution in [3.63, 3.8) is 0 Å². The van der Waals surface area contributed by atoms with Crippen LogP contribution in [-0.4, -0.2) is 20.6 Å². The van der Waals surface area contributed by atoms with E-state index in [4.69, 9.17) is 11.6 Å². The molecule has 3 heteroatoms. The zero-order valence-corrected chi connectivity index (χ0v) is 14.7. The van der Waals surface area contributed by atoms with E-state index in [9.17, 15) is 0 Å². The fourth-order valence-corrected chi connectivity index (χ4v) is 2.82. The average molecular weight is 311 g/mol. The molecule has 120 valence electrons. The lowest BCUT2D eigenvalue weighted by molar-refractivity contribution is 0.581. The number of halogens is 1. The summed E-state index contributed by atoms with van der Waals surface area (Å²) in [5, 5.41) is 4.27. The van der Waals surface area contributed by atoms with E-state index < -0.39 is 0 Å². The molecule has 0 bridgehead atoms. The molecule has 0 atom stereocenters. The van der Waals surface area contributed by atoms with E-state index in [2.05, 4.69) is 24.4 Å². The van der Waals surface area contributed by atoms with Crippen molar-refractivity contribution in [3.05, 3.63) is 23.2 Å². The van der Waals surface area contributed by atoms with Gasteiger partial charge in [-0.05, 0) is 24.6 Å². The molecule has 1 aromatic carbocycles. The number of unbranched alkanes of at least 4 members (excludes halogenated alkanes) is 7. The van der Waals surface area contributed by atoms with Gasteiger partial charge >= 0.3 is 0 Å². The van der Waals surface area contributed by atoms with Gasteiger partial charge in [-0.2, -0.15) is 0 Å². The van der Waals surface area contributed by atoms with E-state index in [1.807, 2.05) is 25.1 Å². The molecular weight excluding hydrogens is 280 g/mol. The third kappa shape index (κ3) is 7.61. The molecule has 2 nitrogen and oxygen atoms in total. The Bertz CT molecular complexity index is 391. The normalized spacial score (nSPS) is 10.7. The molecule has 0 fully saturated rings. The minimum atomic E-state index is 0.806. The van der Waals surface area contributed by atoms with E-state index in [0.717, 1.165) is 22.9 Å². The van der Waals surface area contributed by atoms with Crippen molar-refractivity contribution in [2.24, 2.45) is 0 Å². The lowest BCUT2D eigenvalue weighted by atomic mass is 10.1. The second kappa shape index (κ2) is 10.8. The number of hydrogen-bond donors (Lipinski definition) is 1. The van der Waals surface area contributed by atoms with Crippen LogP contribution in [0.5, 0.6) is 0 Å². The Labute approximate surface area is 135 Å². The molecule has 0 aliphatic carbocycles. The number of benzene rings is 1. The van der Waals surface area contributed by atoms with Crippen molar-refractivity contribution < 1.29 is 0 Å². The highest BCUT2D eigenvalue weighted by molar-refractivity contribution is 6.33. The molecule has 1 rings (SSSR count). The van der Waals surface area contributed by atoms with Crippen LogP contribution in [0.25, 0.3) is 0 Å². The fourth-order valence-electron chi connectivity index (χ4n) is 2.47. The number of nitrogens with one attached hydrogen (secondary N) is 1. The second-order valence-corrected chi connectivity index (χ2v) is 6.37. The van der Waals surface area contributed by atoms with Crippen LogP contribution in [0.15, 0.2) is 18.2 Å². The van der Waals surface area contributed by atoms with Crippen LogP contribution in [-0.2, 0) is 0 Å². The maximum absolute atomic E-state index is 6.27. The van der Waals surface area contributed by atoms with Gasteiger partial charge in [0.25, 0.3) is 0 Å². The van der Waals surface area contributed by atoms with Gasteiger partial charge in [-0.15, -0.1) is 0 Å². The van der Waals surface area contributed by atoms with E-state index in [0.29, 0.717) is 0 Å². The van der Waals surface area contributed by atoms with Crippen LogP contribution in [0, 0.1) is 0 Å². The Morgan fingerprint density at radius 1 is 0.952 bits per heavy atom. The largest absolute Gasteiger partial charge is 0.385 e. The van der Waals surface area contributed by atoms with Gasteiger partial charge in [0.05, 0.1) is 10.7 Å². The molecule has 0 unspecified atom stereocenters. The lowest BCUT2D eigenvalue weighted by Gasteiger charge is -2.15. The van der Waals surface area contributed by atoms with Gasteiger partial charge in [0.2, 0.25) is 0 Å². The topological polar surface area (TPSA) is 15.3 Å². The van der Waals surface area contributed by atoms with Gasteiger partial charge in [0.15, 0.2) is 0 Å². The highest BCUT2D eigenvalue weighted by Gasteiger charge is 2.03. The summed E-state index contributed by atoms with van der Waals surface area (Å²) >= 11 is 6.27. The molecule has 0 aliphatic rings. The Morgan fingerprint density at radius 3 is 2.14 bits per heavy atom. The first-order valence-corrected chi connectivity index (χ1v) is 8.73. The first-order chi connectivity index (χ1) is 10.1. The quantitative estimate of drug-likeness (QED) is 0.507. The fraction of sp³-hybridized carbons (Fsp3) is 0.667. The molecule has 1 N–H and O–H groups in total. The van der Waals surface area contributed by atoms with E-state index in [1.54, 1.807) is 0 Å². The van der Waals surface area contributed by atoms with Crippen LogP contribution in [0.1, 0.15) is 58.3 Å². The van der Waals surface area contributed by atoms with Crippen LogP contribution in [0.2, 0.25) is 5.02 Å². The minimum Gasteiger partial charge on any atom is -0.385 e. The third-order valence-electron chi connectivity index (χ3n) is 3.79. The number of hydrogen-bond acceptors (Lipinski definition) is 2. The van der Waals surface area contributed by atoms with E-state index >= 15 is 0 Å². The Kier molecular flexibility index (Phi) is 9.32. The van der Waals surface area contributed by atoms with Crippen molar-refractivity contribution in [1.29, 1.82) is 0 Å². The molecule has 0 aliphatic heterocycles. The van der Waals surface area contributed by atoms with Gasteiger partial charge in [0, 0.05) is 26.3 Å². The molecule has 1 aromatic rings. The predicted molar refractivity (Wildman–Crippen MR) is 96.9 cm³/mol. The summed E-state index contributed by atoms with van der Waals surface area (Å²) < 4.78 is 0. The smallest absolute Gasteiger partial charge is 0.0659 e. The van der Waals surface area contributed by atoms with Crippen LogP contribution in [0.4, 0.5) is 11.4 Å². The van der Waals surface area contributed by atoms with Crippen molar-refractivity contribution in [2.45, 2.75) is 58.3 Å². The molecule has 0 radical (unpaired) electrons. The SMILES string of the molecule is CCCCCCCCCCNc1ccc(N(C)C)c(Cl)c1. The van der Waals surface area contributed by atoms with Crippen molar-refractivity contribution >= 4 is 23.0 Å². The predicted octanol–water partition coefficient (Wildman–Crippen LogP) is 5.96. The zero-order chi connectivity index (χ0) is 15.5. The Morgan fingerprint density at radius 2 is 1.57 bits per heavy atom. The number of anilines is 2. The molecule has 0 heterocycles. The van der Waals surface area contributed by atoms with E-state index in [1.165, 1.54) is 51.4 Å². The maximum Gasteiger partial charge on any atom is 0.0659 e. The summed E-state index contributed by atoms with van der Waals surface area (Å²) in [4.78, 5) is 2.03. The summed E-state index contributed by atoms with van der Waals surface area (Å²) in [5.41, 5.74) is 2.18. The first-order valence-electron chi connectivity index (χ1n) is 8.36. The monoisotopic (exact) mass is 310 g/mol. The molecule has 0 saturated carbocycles. The first kappa shape index (κ1) is 18.2. The van der Waals surface area contributed by atoms with Crippen LogP contribution < -0.4 is 10.2 Å². The average Bonchev–Trinajstić information content (AvgIpc) is 2.45. The molecule has 21 heavy (non-hydrogen) atoms. The molecule has 0 amide bonds. The molecule has 0 aromatic heterocycles. The summed E-state index contributed by atoms with van der Waals surface area (Å²) in [5.74, 6) is 0. The van der Waals surface area contributed by atoms with E-state index in [-0.39, 0.29) is 0 Å². The highest BCUT2D eigenvalue weighted by atomic mass is 35.5. The van der Waals surface area contributed by atoms with Crippen LogP contribution >= 0.6 is 11.6 Å². The van der Waals surface area contributed by atoms with Gasteiger partial charge < -0.3 is 10.2 Å². The molecule has 0 saturated heterocycles. The van der Waals surface area contributed by atoms with Gasteiger partial charge in [-0.25, -0.2) is 0 Å². The lowest BCUT2D eigenvalue weighted by Crippen LogP contribution is -2.09. The summed E-state index contributed by atoms with van der Waals surface area (Å²) in [6.07, 6.45) is 10.9. The van der Waals surface area contributed by atoms with Crippen molar-refractivity contribution in [1.82, 2.24) is 0 Å². The number of nitrogens with zero attached hydrogens (tertiary/aromatic N) is 1. The van der Waals surface area contributed by atoms with Gasteiger partial charge in [0.1, 0.15) is 0 Å². The Balaban J connectivity index is 2.11. The van der Waals surface area contributed by atoms with Crippen molar-refractivity contribution in [2.75, 3.05) is 30.9 Å². The zero-order valence-electron chi connectivity index (χ0n) is 13.9. The van der Waals surface area contributed by atoms with Crippen molar-refractivity contribution in [3.8, 4) is 0 Å². The standard InChI is InChI=1S/C18H31ClN2/c1-4-5-6-7-8-9-10-11-14-20-16-12-13-18(21(2)3)17(19)15-16/h12-13,15,20H,4-11,14H2,1-3H3. The third-order valence-corrected chi connectivity index (χ3v) is 4.09. The second-order valence-electron chi connectivity index (χ2n) is 5.96. The summed E-state index contributed by atoms with van der Waals surface area (Å²) in [7, 11) is 4.02. The minimum absolute atomic E-state index is 0.806. The Hall–Kier alpha value is -0.890.